The molecule has 1 atom stereocenters. The molecule has 0 aliphatic carbocycles. The molecule has 4 rings (SSSR count). The van der Waals surface area contributed by atoms with Gasteiger partial charge in [-0.15, -0.1) is 0 Å². The summed E-state index contributed by atoms with van der Waals surface area (Å²) in [4.78, 5) is 29.1. The van der Waals surface area contributed by atoms with Crippen molar-refractivity contribution in [3.8, 4) is 11.6 Å². The molecule has 33 heavy (non-hydrogen) atoms. The zero-order valence-electron chi connectivity index (χ0n) is 18.6. The maximum absolute atomic E-state index is 12.6. The summed E-state index contributed by atoms with van der Waals surface area (Å²) < 4.78 is 29.3. The molecule has 1 N–H and O–H groups in total. The van der Waals surface area contributed by atoms with Gasteiger partial charge in [0.05, 0.1) is 17.5 Å². The molecule has 1 saturated heterocycles. The van der Waals surface area contributed by atoms with Crippen LogP contribution in [0.5, 0.6) is 11.6 Å². The van der Waals surface area contributed by atoms with Gasteiger partial charge in [0.1, 0.15) is 11.5 Å². The van der Waals surface area contributed by atoms with Crippen molar-refractivity contribution in [1.82, 2.24) is 15.3 Å². The Hall–Kier alpha value is -3.27. The number of benzene rings is 1. The lowest BCUT2D eigenvalue weighted by atomic mass is 10.1. The zero-order chi connectivity index (χ0) is 23.6. The van der Waals surface area contributed by atoms with Crippen LogP contribution in [0.15, 0.2) is 41.6 Å². The van der Waals surface area contributed by atoms with Crippen LogP contribution in [0.3, 0.4) is 0 Å². The number of amides is 2. The van der Waals surface area contributed by atoms with E-state index >= 15 is 0 Å². The van der Waals surface area contributed by atoms with Crippen LogP contribution in [0.25, 0.3) is 0 Å². The minimum atomic E-state index is -3.16. The molecule has 1 aromatic heterocycles. The molecule has 1 fully saturated rings. The van der Waals surface area contributed by atoms with Gasteiger partial charge in [-0.25, -0.2) is 18.4 Å². The SMILES string of the molecule is Cc1ccc(C)c(Oc2ccc(CNC(=O)C3=NN(C4CCS(=O)(=O)C4)C(=O)CC3)cn2)c1. The summed E-state index contributed by atoms with van der Waals surface area (Å²) in [6.07, 6.45) is 2.33. The van der Waals surface area contributed by atoms with E-state index in [0.29, 0.717) is 12.3 Å². The van der Waals surface area contributed by atoms with Gasteiger partial charge in [-0.2, -0.15) is 5.10 Å². The number of carbonyl (C=O) groups is 2. The maximum Gasteiger partial charge on any atom is 0.267 e. The third-order valence-corrected chi connectivity index (χ3v) is 7.44. The fourth-order valence-electron chi connectivity index (χ4n) is 3.78. The van der Waals surface area contributed by atoms with Crippen molar-refractivity contribution in [2.45, 2.75) is 45.7 Å². The first kappa shape index (κ1) is 22.9. The molecule has 2 amide bonds. The fourth-order valence-corrected chi connectivity index (χ4v) is 5.47. The molecule has 2 aromatic rings. The number of aromatic nitrogens is 1. The van der Waals surface area contributed by atoms with Crippen LogP contribution < -0.4 is 10.1 Å². The first-order chi connectivity index (χ1) is 15.7. The van der Waals surface area contributed by atoms with Gasteiger partial charge in [0.25, 0.3) is 5.91 Å². The third kappa shape index (κ3) is 5.57. The summed E-state index contributed by atoms with van der Waals surface area (Å²) in [6.45, 7) is 4.19. The first-order valence-corrected chi connectivity index (χ1v) is 12.6. The van der Waals surface area contributed by atoms with E-state index in [1.165, 1.54) is 5.01 Å². The van der Waals surface area contributed by atoms with Gasteiger partial charge in [0, 0.05) is 31.6 Å². The Morgan fingerprint density at radius 3 is 2.73 bits per heavy atom. The van der Waals surface area contributed by atoms with E-state index in [4.69, 9.17) is 4.74 Å². The largest absolute Gasteiger partial charge is 0.439 e. The molecule has 0 bridgehead atoms. The summed E-state index contributed by atoms with van der Waals surface area (Å²) in [6, 6.07) is 9.01. The third-order valence-electron chi connectivity index (χ3n) is 5.68. The van der Waals surface area contributed by atoms with Crippen LogP contribution in [0.1, 0.15) is 36.0 Å². The quantitative estimate of drug-likeness (QED) is 0.692. The molecule has 0 spiro atoms. The first-order valence-electron chi connectivity index (χ1n) is 10.8. The van der Waals surface area contributed by atoms with E-state index in [1.54, 1.807) is 12.3 Å². The molecule has 0 saturated carbocycles. The van der Waals surface area contributed by atoms with Crippen molar-refractivity contribution in [3.05, 3.63) is 53.2 Å². The van der Waals surface area contributed by atoms with Crippen molar-refractivity contribution in [3.63, 3.8) is 0 Å². The van der Waals surface area contributed by atoms with Crippen LogP contribution in [0.2, 0.25) is 0 Å². The highest BCUT2D eigenvalue weighted by Gasteiger charge is 2.37. The second-order valence-corrected chi connectivity index (χ2v) is 10.6. The number of aryl methyl sites for hydroxylation is 2. The number of carbonyl (C=O) groups excluding carboxylic acids is 2. The van der Waals surface area contributed by atoms with Crippen molar-refractivity contribution < 1.29 is 22.7 Å². The number of sulfone groups is 1. The van der Waals surface area contributed by atoms with Crippen LogP contribution in [0, 0.1) is 13.8 Å². The molecule has 3 heterocycles. The molecule has 9 nitrogen and oxygen atoms in total. The van der Waals surface area contributed by atoms with Crippen molar-refractivity contribution in [2.75, 3.05) is 11.5 Å². The topological polar surface area (TPSA) is 118 Å². The van der Waals surface area contributed by atoms with Crippen molar-refractivity contribution in [2.24, 2.45) is 5.10 Å². The van der Waals surface area contributed by atoms with Gasteiger partial charge in [-0.05, 0) is 43.0 Å². The average molecular weight is 471 g/mol. The lowest BCUT2D eigenvalue weighted by molar-refractivity contribution is -0.133. The van der Waals surface area contributed by atoms with E-state index in [9.17, 15) is 18.0 Å². The van der Waals surface area contributed by atoms with Gasteiger partial charge in [0.2, 0.25) is 11.8 Å². The zero-order valence-corrected chi connectivity index (χ0v) is 19.4. The number of hydrazone groups is 1. The lowest BCUT2D eigenvalue weighted by Crippen LogP contribution is -2.43. The predicted octanol–water partition coefficient (Wildman–Crippen LogP) is 2.27. The Labute approximate surface area is 192 Å². The Morgan fingerprint density at radius 2 is 2.03 bits per heavy atom. The number of hydrogen-bond donors (Lipinski definition) is 1. The number of rotatable bonds is 6. The van der Waals surface area contributed by atoms with Gasteiger partial charge in [-0.3, -0.25) is 9.59 Å². The van der Waals surface area contributed by atoms with Gasteiger partial charge in [-0.1, -0.05) is 18.2 Å². The smallest absolute Gasteiger partial charge is 0.267 e. The van der Waals surface area contributed by atoms with E-state index in [2.05, 4.69) is 15.4 Å². The van der Waals surface area contributed by atoms with Gasteiger partial charge in [0.15, 0.2) is 9.84 Å². The van der Waals surface area contributed by atoms with E-state index in [0.717, 1.165) is 22.4 Å². The molecule has 1 unspecified atom stereocenters. The Kier molecular flexibility index (Phi) is 6.46. The lowest BCUT2D eigenvalue weighted by Gasteiger charge is -2.27. The van der Waals surface area contributed by atoms with Crippen LogP contribution in [-0.4, -0.2) is 53.5 Å². The summed E-state index contributed by atoms with van der Waals surface area (Å²) in [5.74, 6) is 0.485. The molecule has 174 valence electrons. The number of ether oxygens (including phenoxy) is 1. The number of pyridine rings is 1. The number of nitrogens with one attached hydrogen (secondary N) is 1. The molecule has 1 aromatic carbocycles. The Bertz CT molecular complexity index is 1210. The minimum Gasteiger partial charge on any atom is -0.439 e. The summed E-state index contributed by atoms with van der Waals surface area (Å²) >= 11 is 0. The average Bonchev–Trinajstić information content (AvgIpc) is 3.15. The molecule has 0 radical (unpaired) electrons. The molecular formula is C23H26N4O5S. The van der Waals surface area contributed by atoms with Crippen molar-refractivity contribution in [1.29, 1.82) is 0 Å². The van der Waals surface area contributed by atoms with E-state index in [-0.39, 0.29) is 48.4 Å². The second-order valence-electron chi connectivity index (χ2n) is 8.40. The molecule has 10 heteroatoms. The molecule has 2 aliphatic heterocycles. The van der Waals surface area contributed by atoms with Crippen molar-refractivity contribution >= 4 is 27.4 Å². The van der Waals surface area contributed by atoms with Gasteiger partial charge >= 0.3 is 0 Å². The van der Waals surface area contributed by atoms with E-state index in [1.807, 2.05) is 38.1 Å². The number of nitrogens with zero attached hydrogens (tertiary/aromatic N) is 3. The number of hydrogen-bond acceptors (Lipinski definition) is 7. The van der Waals surface area contributed by atoms with Crippen LogP contribution in [0.4, 0.5) is 0 Å². The van der Waals surface area contributed by atoms with E-state index < -0.39 is 15.9 Å². The summed E-state index contributed by atoms with van der Waals surface area (Å²) in [7, 11) is -3.16. The highest BCUT2D eigenvalue weighted by molar-refractivity contribution is 7.91. The molecule has 2 aliphatic rings. The normalized spacial score (nSPS) is 19.8. The minimum absolute atomic E-state index is 0.0364. The van der Waals surface area contributed by atoms with Crippen LogP contribution in [-0.2, 0) is 26.0 Å². The Morgan fingerprint density at radius 1 is 1.21 bits per heavy atom. The Balaban J connectivity index is 1.36. The summed E-state index contributed by atoms with van der Waals surface area (Å²) in [5.41, 5.74) is 3.11. The maximum atomic E-state index is 12.6. The standard InChI is InChI=1S/C23H26N4O5S/c1-15-3-4-16(2)20(11-15)32-21-7-5-17(12-24-21)13-25-23(29)19-6-8-22(28)27(26-19)18-9-10-33(30,31)14-18/h3-5,7,11-12,18H,6,8-10,13-14H2,1-2H3,(H,25,29). The molecular weight excluding hydrogens is 444 g/mol. The monoisotopic (exact) mass is 470 g/mol. The highest BCUT2D eigenvalue weighted by atomic mass is 32.2. The van der Waals surface area contributed by atoms with Crippen LogP contribution >= 0.6 is 0 Å². The van der Waals surface area contributed by atoms with Gasteiger partial charge < -0.3 is 10.1 Å². The predicted molar refractivity (Wildman–Crippen MR) is 123 cm³/mol. The fraction of sp³-hybridized carbons (Fsp3) is 0.391. The highest BCUT2D eigenvalue weighted by Crippen LogP contribution is 2.25. The second kappa shape index (κ2) is 9.30. The summed E-state index contributed by atoms with van der Waals surface area (Å²) in [5, 5.41) is 8.16.